The average molecular weight is 359 g/mol. The third-order valence-corrected chi connectivity index (χ3v) is 4.36. The number of hydrogen-bond donors (Lipinski definition) is 2. The Hall–Kier alpha value is -2.33. The molecule has 2 aromatic carbocycles. The Balaban J connectivity index is 2.08. The van der Waals surface area contributed by atoms with Gasteiger partial charge in [0.15, 0.2) is 0 Å². The van der Waals surface area contributed by atoms with Gasteiger partial charge in [0.2, 0.25) is 5.91 Å². The van der Waals surface area contributed by atoms with Gasteiger partial charge >= 0.3 is 0 Å². The maximum Gasteiger partial charge on any atom is 0.269 e. The van der Waals surface area contributed by atoms with Gasteiger partial charge in [-0.25, -0.2) is 0 Å². The van der Waals surface area contributed by atoms with E-state index in [4.69, 9.17) is 11.6 Å². The summed E-state index contributed by atoms with van der Waals surface area (Å²) in [5.74, 6) is -0.893. The monoisotopic (exact) mass is 358 g/mol. The minimum absolute atomic E-state index is 0.0687. The van der Waals surface area contributed by atoms with Crippen molar-refractivity contribution in [1.29, 1.82) is 0 Å². The summed E-state index contributed by atoms with van der Waals surface area (Å²) in [6, 6.07) is 12.7. The molecule has 132 valence electrons. The lowest BCUT2D eigenvalue weighted by Crippen LogP contribution is -2.45. The van der Waals surface area contributed by atoms with E-state index in [1.165, 1.54) is 0 Å². The molecule has 2 amide bonds. The minimum atomic E-state index is -0.378. The van der Waals surface area contributed by atoms with E-state index in [9.17, 15) is 9.59 Å². The highest BCUT2D eigenvalue weighted by Gasteiger charge is 2.24. The predicted molar refractivity (Wildman–Crippen MR) is 101 cm³/mol. The van der Waals surface area contributed by atoms with Crippen molar-refractivity contribution in [2.45, 2.75) is 33.6 Å². The van der Waals surface area contributed by atoms with Crippen LogP contribution < -0.4 is 10.9 Å². The van der Waals surface area contributed by atoms with Gasteiger partial charge in [0.1, 0.15) is 0 Å². The first-order valence-corrected chi connectivity index (χ1v) is 8.60. The largest absolute Gasteiger partial charge is 0.273 e. The summed E-state index contributed by atoms with van der Waals surface area (Å²) in [5, 5.41) is 0.620. The molecule has 0 aliphatic heterocycles. The van der Waals surface area contributed by atoms with Crippen LogP contribution in [-0.4, -0.2) is 11.8 Å². The summed E-state index contributed by atoms with van der Waals surface area (Å²) in [6.45, 7) is 7.76. The molecular weight excluding hydrogens is 336 g/mol. The van der Waals surface area contributed by atoms with Gasteiger partial charge in [-0.2, -0.15) is 0 Å². The first-order valence-electron chi connectivity index (χ1n) is 8.22. The molecular formula is C20H23ClN2O2. The van der Waals surface area contributed by atoms with Crippen LogP contribution >= 0.6 is 11.6 Å². The standard InChI is InChI=1S/C20H23ClN2O2/c1-12(2)18(15-6-8-16(21)9-7-15)20(25)23-22-19(24)17-10-5-13(3)11-14(17)4/h5-12,18H,1-4H3,(H,22,24)(H,23,25)/t18-/m0/s1. The van der Waals surface area contributed by atoms with E-state index in [0.29, 0.717) is 10.6 Å². The van der Waals surface area contributed by atoms with Crippen LogP contribution in [0.15, 0.2) is 42.5 Å². The lowest BCUT2D eigenvalue weighted by molar-refractivity contribution is -0.124. The number of rotatable bonds is 4. The van der Waals surface area contributed by atoms with Gasteiger partial charge in [0, 0.05) is 10.6 Å². The van der Waals surface area contributed by atoms with Crippen molar-refractivity contribution in [2.75, 3.05) is 0 Å². The third-order valence-electron chi connectivity index (χ3n) is 4.10. The second kappa shape index (κ2) is 8.17. The number of hydrazine groups is 1. The lowest BCUT2D eigenvalue weighted by atomic mass is 9.88. The van der Waals surface area contributed by atoms with Crippen LogP contribution in [0.25, 0.3) is 0 Å². The lowest BCUT2D eigenvalue weighted by Gasteiger charge is -2.21. The van der Waals surface area contributed by atoms with E-state index in [-0.39, 0.29) is 23.7 Å². The van der Waals surface area contributed by atoms with Gasteiger partial charge in [0.25, 0.3) is 5.91 Å². The second-order valence-electron chi connectivity index (χ2n) is 6.53. The highest BCUT2D eigenvalue weighted by Crippen LogP contribution is 2.25. The Morgan fingerprint density at radius 3 is 2.16 bits per heavy atom. The molecule has 2 N–H and O–H groups in total. The summed E-state index contributed by atoms with van der Waals surface area (Å²) in [4.78, 5) is 24.9. The van der Waals surface area contributed by atoms with Gasteiger partial charge in [-0.15, -0.1) is 0 Å². The van der Waals surface area contributed by atoms with Crippen LogP contribution in [0.3, 0.4) is 0 Å². The molecule has 0 saturated heterocycles. The smallest absolute Gasteiger partial charge is 0.269 e. The molecule has 0 unspecified atom stereocenters. The fraction of sp³-hybridized carbons (Fsp3) is 0.300. The quantitative estimate of drug-likeness (QED) is 0.806. The predicted octanol–water partition coefficient (Wildman–Crippen LogP) is 4.16. The molecule has 0 saturated carbocycles. The van der Waals surface area contributed by atoms with Crippen LogP contribution in [0.1, 0.15) is 46.8 Å². The molecule has 2 rings (SSSR count). The van der Waals surface area contributed by atoms with E-state index >= 15 is 0 Å². The number of aryl methyl sites for hydroxylation is 2. The Labute approximate surface area is 153 Å². The Morgan fingerprint density at radius 1 is 0.960 bits per heavy atom. The van der Waals surface area contributed by atoms with Crippen molar-refractivity contribution in [3.05, 3.63) is 69.7 Å². The zero-order valence-corrected chi connectivity index (χ0v) is 15.6. The van der Waals surface area contributed by atoms with Crippen molar-refractivity contribution in [2.24, 2.45) is 5.92 Å². The van der Waals surface area contributed by atoms with Crippen LogP contribution in [0, 0.1) is 19.8 Å². The van der Waals surface area contributed by atoms with Crippen molar-refractivity contribution in [3.8, 4) is 0 Å². The maximum atomic E-state index is 12.6. The van der Waals surface area contributed by atoms with Gasteiger partial charge < -0.3 is 0 Å². The zero-order valence-electron chi connectivity index (χ0n) is 14.9. The highest BCUT2D eigenvalue weighted by molar-refractivity contribution is 6.30. The third kappa shape index (κ3) is 4.83. The van der Waals surface area contributed by atoms with Gasteiger partial charge in [0.05, 0.1) is 5.92 Å². The van der Waals surface area contributed by atoms with E-state index in [0.717, 1.165) is 16.7 Å². The number of halogens is 1. The number of nitrogens with one attached hydrogen (secondary N) is 2. The van der Waals surface area contributed by atoms with Gasteiger partial charge in [-0.05, 0) is 49.1 Å². The molecule has 5 heteroatoms. The van der Waals surface area contributed by atoms with Crippen LogP contribution in [-0.2, 0) is 4.79 Å². The molecule has 0 aromatic heterocycles. The Morgan fingerprint density at radius 2 is 1.60 bits per heavy atom. The van der Waals surface area contributed by atoms with Crippen molar-refractivity contribution in [1.82, 2.24) is 10.9 Å². The summed E-state index contributed by atoms with van der Waals surface area (Å²) < 4.78 is 0. The number of amides is 2. The molecule has 4 nitrogen and oxygen atoms in total. The molecule has 0 bridgehead atoms. The molecule has 0 spiro atoms. The Kier molecular flexibility index (Phi) is 6.21. The number of carbonyl (C=O) groups excluding carboxylic acids is 2. The maximum absolute atomic E-state index is 12.6. The SMILES string of the molecule is Cc1ccc(C(=O)NNC(=O)[C@H](c2ccc(Cl)cc2)C(C)C)c(C)c1. The normalized spacial score (nSPS) is 11.9. The molecule has 0 heterocycles. The molecule has 25 heavy (non-hydrogen) atoms. The average Bonchev–Trinajstić information content (AvgIpc) is 2.54. The van der Waals surface area contributed by atoms with Crippen molar-refractivity contribution >= 4 is 23.4 Å². The first kappa shape index (κ1) is 19.0. The van der Waals surface area contributed by atoms with Crippen molar-refractivity contribution < 1.29 is 9.59 Å². The summed E-state index contributed by atoms with van der Waals surface area (Å²) in [5.41, 5.74) is 8.41. The fourth-order valence-electron chi connectivity index (χ4n) is 2.84. The summed E-state index contributed by atoms with van der Waals surface area (Å²) in [7, 11) is 0. The summed E-state index contributed by atoms with van der Waals surface area (Å²) >= 11 is 5.91. The number of hydrogen-bond acceptors (Lipinski definition) is 2. The zero-order chi connectivity index (χ0) is 18.6. The second-order valence-corrected chi connectivity index (χ2v) is 6.97. The number of benzene rings is 2. The minimum Gasteiger partial charge on any atom is -0.273 e. The fourth-order valence-corrected chi connectivity index (χ4v) is 2.97. The van der Waals surface area contributed by atoms with Crippen LogP contribution in [0.2, 0.25) is 5.02 Å². The molecule has 1 atom stereocenters. The molecule has 0 aliphatic carbocycles. The van der Waals surface area contributed by atoms with Gasteiger partial charge in [-0.3, -0.25) is 20.4 Å². The molecule has 2 aromatic rings. The van der Waals surface area contributed by atoms with E-state index in [2.05, 4.69) is 10.9 Å². The molecule has 0 fully saturated rings. The van der Waals surface area contributed by atoms with E-state index < -0.39 is 0 Å². The Bertz CT molecular complexity index is 770. The first-order chi connectivity index (χ1) is 11.8. The molecule has 0 aliphatic rings. The van der Waals surface area contributed by atoms with E-state index in [1.54, 1.807) is 18.2 Å². The van der Waals surface area contributed by atoms with E-state index in [1.807, 2.05) is 52.0 Å². The van der Waals surface area contributed by atoms with Crippen LogP contribution in [0.4, 0.5) is 0 Å². The molecule has 0 radical (unpaired) electrons. The highest BCUT2D eigenvalue weighted by atomic mass is 35.5. The summed E-state index contributed by atoms with van der Waals surface area (Å²) in [6.07, 6.45) is 0. The number of carbonyl (C=O) groups is 2. The van der Waals surface area contributed by atoms with Crippen LogP contribution in [0.5, 0.6) is 0 Å². The van der Waals surface area contributed by atoms with Gasteiger partial charge in [-0.1, -0.05) is 55.3 Å². The topological polar surface area (TPSA) is 58.2 Å². The van der Waals surface area contributed by atoms with Crippen molar-refractivity contribution in [3.63, 3.8) is 0 Å².